The van der Waals surface area contributed by atoms with Gasteiger partial charge in [0.1, 0.15) is 6.54 Å². The Bertz CT molecular complexity index is 670. The first-order valence-electron chi connectivity index (χ1n) is 5.47. The van der Waals surface area contributed by atoms with E-state index in [9.17, 15) is 18.4 Å². The number of rotatable bonds is 4. The van der Waals surface area contributed by atoms with Crippen molar-refractivity contribution in [2.24, 2.45) is 0 Å². The predicted molar refractivity (Wildman–Crippen MR) is 64.2 cm³/mol. The molecule has 0 unspecified atom stereocenters. The number of nitrogens with zero attached hydrogens (tertiary/aromatic N) is 2. The fourth-order valence-corrected chi connectivity index (χ4v) is 1.53. The molecule has 2 aromatic rings. The van der Waals surface area contributed by atoms with E-state index in [1.807, 2.05) is 0 Å². The Labute approximate surface area is 111 Å². The van der Waals surface area contributed by atoms with Crippen LogP contribution in [0.15, 0.2) is 30.6 Å². The zero-order valence-electron chi connectivity index (χ0n) is 10.0. The molecule has 0 aliphatic heterocycles. The van der Waals surface area contributed by atoms with Crippen LogP contribution in [0.25, 0.3) is 0 Å². The molecule has 2 N–H and O–H groups in total. The van der Waals surface area contributed by atoms with Gasteiger partial charge in [-0.05, 0) is 12.1 Å². The van der Waals surface area contributed by atoms with Crippen molar-refractivity contribution in [3.63, 3.8) is 0 Å². The Morgan fingerprint density at radius 1 is 1.35 bits per heavy atom. The first-order chi connectivity index (χ1) is 9.47. The number of carbonyl (C=O) groups is 2. The summed E-state index contributed by atoms with van der Waals surface area (Å²) in [6.07, 6.45) is 2.47. The molecule has 1 heterocycles. The van der Waals surface area contributed by atoms with Gasteiger partial charge in [0.05, 0.1) is 17.4 Å². The van der Waals surface area contributed by atoms with Crippen LogP contribution < -0.4 is 5.32 Å². The molecular formula is C12H9F2N3O3. The quantitative estimate of drug-likeness (QED) is 0.889. The maximum Gasteiger partial charge on any atom is 0.325 e. The summed E-state index contributed by atoms with van der Waals surface area (Å²) in [6.45, 7) is -0.371. The fraction of sp³-hybridized carbons (Fsp3) is 0.0833. The predicted octanol–water partition coefficient (Wildman–Crippen LogP) is 1.50. The molecule has 104 valence electrons. The van der Waals surface area contributed by atoms with Crippen LogP contribution in [0.4, 0.5) is 14.5 Å². The maximum atomic E-state index is 13.4. The van der Waals surface area contributed by atoms with Gasteiger partial charge < -0.3 is 10.4 Å². The Balaban J connectivity index is 2.13. The van der Waals surface area contributed by atoms with Gasteiger partial charge in [0, 0.05) is 6.20 Å². The number of hydrogen-bond donors (Lipinski definition) is 2. The Hall–Kier alpha value is -2.77. The van der Waals surface area contributed by atoms with E-state index < -0.39 is 29.1 Å². The third kappa shape index (κ3) is 2.97. The molecule has 1 amide bonds. The summed E-state index contributed by atoms with van der Waals surface area (Å²) in [6, 6.07) is 3.24. The molecule has 20 heavy (non-hydrogen) atoms. The van der Waals surface area contributed by atoms with E-state index in [2.05, 4.69) is 10.4 Å². The number of aliphatic carboxylic acids is 1. The molecule has 1 aromatic carbocycles. The summed E-state index contributed by atoms with van der Waals surface area (Å²) in [5, 5.41) is 14.6. The van der Waals surface area contributed by atoms with Crippen molar-refractivity contribution in [3.05, 3.63) is 47.8 Å². The van der Waals surface area contributed by atoms with Crippen molar-refractivity contribution < 1.29 is 23.5 Å². The second kappa shape index (κ2) is 5.47. The highest BCUT2D eigenvalue weighted by atomic mass is 19.2. The lowest BCUT2D eigenvalue weighted by Crippen LogP contribution is -2.14. The number of anilines is 1. The van der Waals surface area contributed by atoms with E-state index in [1.54, 1.807) is 0 Å². The third-order valence-electron chi connectivity index (χ3n) is 2.38. The molecule has 0 aliphatic rings. The van der Waals surface area contributed by atoms with Crippen LogP contribution >= 0.6 is 0 Å². The standard InChI is InChI=1S/C12H9F2N3O3/c13-9-3-1-2-8(11(9)14)12(20)16-7-4-15-17(5-7)6-10(18)19/h1-5H,6H2,(H,16,20)(H,18,19). The van der Waals surface area contributed by atoms with Crippen LogP contribution in [0, 0.1) is 11.6 Å². The van der Waals surface area contributed by atoms with Crippen LogP contribution in [0.1, 0.15) is 10.4 Å². The van der Waals surface area contributed by atoms with E-state index in [0.717, 1.165) is 16.8 Å². The van der Waals surface area contributed by atoms with Crippen LogP contribution in [0.5, 0.6) is 0 Å². The van der Waals surface area contributed by atoms with Crippen molar-refractivity contribution >= 4 is 17.6 Å². The molecule has 0 saturated carbocycles. The van der Waals surface area contributed by atoms with E-state index >= 15 is 0 Å². The number of aromatic nitrogens is 2. The van der Waals surface area contributed by atoms with E-state index in [0.29, 0.717) is 0 Å². The van der Waals surface area contributed by atoms with Crippen molar-refractivity contribution in [1.82, 2.24) is 9.78 Å². The topological polar surface area (TPSA) is 84.2 Å². The second-order valence-electron chi connectivity index (χ2n) is 3.88. The lowest BCUT2D eigenvalue weighted by molar-refractivity contribution is -0.137. The van der Waals surface area contributed by atoms with Crippen molar-refractivity contribution in [2.45, 2.75) is 6.54 Å². The molecule has 1 aromatic heterocycles. The molecule has 6 nitrogen and oxygen atoms in total. The average Bonchev–Trinajstić information content (AvgIpc) is 2.79. The highest BCUT2D eigenvalue weighted by Gasteiger charge is 2.15. The molecule has 0 atom stereocenters. The third-order valence-corrected chi connectivity index (χ3v) is 2.38. The minimum absolute atomic E-state index is 0.180. The van der Waals surface area contributed by atoms with E-state index in [-0.39, 0.29) is 12.2 Å². The summed E-state index contributed by atoms with van der Waals surface area (Å²) >= 11 is 0. The molecule has 0 spiro atoms. The number of carbonyl (C=O) groups excluding carboxylic acids is 1. The summed E-state index contributed by atoms with van der Waals surface area (Å²) < 4.78 is 27.5. The molecule has 0 radical (unpaired) electrons. The zero-order chi connectivity index (χ0) is 14.7. The number of halogens is 2. The van der Waals surface area contributed by atoms with Crippen molar-refractivity contribution in [2.75, 3.05) is 5.32 Å². The number of carboxylic acid groups (broad SMARTS) is 1. The van der Waals surface area contributed by atoms with Crippen LogP contribution in [0.2, 0.25) is 0 Å². The van der Waals surface area contributed by atoms with E-state index in [1.165, 1.54) is 18.5 Å². The molecule has 0 fully saturated rings. The zero-order valence-corrected chi connectivity index (χ0v) is 10.0. The first kappa shape index (κ1) is 13.7. The normalized spacial score (nSPS) is 10.3. The summed E-state index contributed by atoms with van der Waals surface area (Å²) in [5.74, 6) is -4.32. The van der Waals surface area contributed by atoms with Gasteiger partial charge in [0.15, 0.2) is 11.6 Å². The Morgan fingerprint density at radius 2 is 2.10 bits per heavy atom. The molecule has 2 rings (SSSR count). The highest BCUT2D eigenvalue weighted by Crippen LogP contribution is 2.14. The minimum Gasteiger partial charge on any atom is -0.480 e. The lowest BCUT2D eigenvalue weighted by Gasteiger charge is -2.04. The number of amides is 1. The van der Waals surface area contributed by atoms with Crippen LogP contribution in [-0.2, 0) is 11.3 Å². The van der Waals surface area contributed by atoms with Gasteiger partial charge in [0.2, 0.25) is 0 Å². The van der Waals surface area contributed by atoms with Gasteiger partial charge in [-0.1, -0.05) is 6.07 Å². The molecule has 0 bridgehead atoms. The highest BCUT2D eigenvalue weighted by molar-refractivity contribution is 6.04. The van der Waals surface area contributed by atoms with Gasteiger partial charge in [0.25, 0.3) is 5.91 Å². The van der Waals surface area contributed by atoms with Crippen LogP contribution in [-0.4, -0.2) is 26.8 Å². The Morgan fingerprint density at radius 3 is 2.80 bits per heavy atom. The molecule has 8 heteroatoms. The lowest BCUT2D eigenvalue weighted by atomic mass is 10.2. The van der Waals surface area contributed by atoms with Crippen LogP contribution in [0.3, 0.4) is 0 Å². The fourth-order valence-electron chi connectivity index (χ4n) is 1.53. The summed E-state index contributed by atoms with van der Waals surface area (Å²) in [5.41, 5.74) is -0.268. The number of carboxylic acids is 1. The first-order valence-corrected chi connectivity index (χ1v) is 5.47. The van der Waals surface area contributed by atoms with Gasteiger partial charge in [-0.3, -0.25) is 14.3 Å². The Kier molecular flexibility index (Phi) is 3.74. The maximum absolute atomic E-state index is 13.4. The van der Waals surface area contributed by atoms with E-state index in [4.69, 9.17) is 5.11 Å². The van der Waals surface area contributed by atoms with Gasteiger partial charge in [-0.25, -0.2) is 8.78 Å². The summed E-state index contributed by atoms with van der Waals surface area (Å²) in [4.78, 5) is 22.2. The number of benzene rings is 1. The SMILES string of the molecule is O=C(O)Cn1cc(NC(=O)c2cccc(F)c2F)cn1. The average molecular weight is 281 g/mol. The molecular weight excluding hydrogens is 272 g/mol. The van der Waals surface area contributed by atoms with Gasteiger partial charge in [-0.15, -0.1) is 0 Å². The van der Waals surface area contributed by atoms with Gasteiger partial charge >= 0.3 is 5.97 Å². The smallest absolute Gasteiger partial charge is 0.325 e. The number of nitrogens with one attached hydrogen (secondary N) is 1. The van der Waals surface area contributed by atoms with Crippen molar-refractivity contribution in [3.8, 4) is 0 Å². The van der Waals surface area contributed by atoms with Gasteiger partial charge in [-0.2, -0.15) is 5.10 Å². The number of hydrogen-bond acceptors (Lipinski definition) is 3. The van der Waals surface area contributed by atoms with Crippen molar-refractivity contribution in [1.29, 1.82) is 0 Å². The largest absolute Gasteiger partial charge is 0.480 e. The molecule has 0 saturated heterocycles. The summed E-state index contributed by atoms with van der Waals surface area (Å²) in [7, 11) is 0. The monoisotopic (exact) mass is 281 g/mol. The second-order valence-corrected chi connectivity index (χ2v) is 3.88. The molecule has 0 aliphatic carbocycles. The minimum atomic E-state index is -1.25.